The van der Waals surface area contributed by atoms with Crippen LogP contribution in [0.2, 0.25) is 0 Å². The van der Waals surface area contributed by atoms with Gasteiger partial charge in [-0.25, -0.2) is 4.79 Å². The lowest BCUT2D eigenvalue weighted by Gasteiger charge is -2.32. The van der Waals surface area contributed by atoms with Gasteiger partial charge in [-0.2, -0.15) is 0 Å². The van der Waals surface area contributed by atoms with E-state index in [2.05, 4.69) is 47.2 Å². The number of rotatable bonds is 38. The molecule has 8 amide bonds. The molecule has 0 aliphatic carbocycles. The lowest BCUT2D eigenvalue weighted by atomic mass is 9.96. The van der Waals surface area contributed by atoms with Crippen LogP contribution in [0.1, 0.15) is 130 Å². The quantitative estimate of drug-likeness (QED) is 0.0219. The second kappa shape index (κ2) is 37.3. The average Bonchev–Trinajstić information content (AvgIpc) is 4.26. The van der Waals surface area contributed by atoms with E-state index in [-0.39, 0.29) is 113 Å². The van der Waals surface area contributed by atoms with Gasteiger partial charge in [-0.15, -0.1) is 0 Å². The molecule has 1 saturated heterocycles. The molecule has 0 aromatic heterocycles. The first-order chi connectivity index (χ1) is 41.2. The zero-order chi connectivity index (χ0) is 64.9. The van der Waals surface area contributed by atoms with Crippen molar-refractivity contribution in [2.75, 3.05) is 26.2 Å². The molecule has 28 heteroatoms. The Labute approximate surface area is 509 Å². The zero-order valence-electron chi connectivity index (χ0n) is 51.1. The van der Waals surface area contributed by atoms with Crippen LogP contribution in [0.3, 0.4) is 0 Å². The number of nitrogens with two attached hydrogens (primary N) is 6. The van der Waals surface area contributed by atoms with Gasteiger partial charge in [0.25, 0.3) is 0 Å². The van der Waals surface area contributed by atoms with E-state index in [1.165, 1.54) is 53.4 Å². The molecule has 0 unspecified atom stereocenters. The SMILES string of the molecule is CC[C@H](C)[C@H](N)C(=O)N[C@@H](CCCCN)C(=O)N1CCC[C@H]1C(=O)N[C@H](C(=O)N[C@@H](Cc1ccc(O)cc1)C(=O)N[C@@H](CCCN=C(N)N)C(=O)N[C@@H](CC(C)C)C(=O)N[C@@H](CCCN=C(N)N)C(=O)N[C@@H](Cc1ccc(O)cc1)C(=O)O)[C@@H](C)CC. The largest absolute Gasteiger partial charge is 0.508 e. The molecule has 2 aromatic rings. The molecule has 1 aliphatic rings. The first-order valence-electron chi connectivity index (χ1n) is 30.0. The van der Waals surface area contributed by atoms with Crippen LogP contribution in [-0.2, 0) is 56.0 Å². The molecule has 1 aliphatic heterocycles. The number of carbonyl (C=O) groups is 9. The summed E-state index contributed by atoms with van der Waals surface area (Å²) < 4.78 is 0. The summed E-state index contributed by atoms with van der Waals surface area (Å²) in [7, 11) is 0. The van der Waals surface area contributed by atoms with E-state index in [4.69, 9.17) is 34.4 Å². The third kappa shape index (κ3) is 25.3. The number of carboxylic acids is 1. The molecule has 3 rings (SSSR count). The lowest BCUT2D eigenvalue weighted by Crippen LogP contribution is -2.61. The third-order valence-corrected chi connectivity index (χ3v) is 15.2. The van der Waals surface area contributed by atoms with Crippen molar-refractivity contribution < 1.29 is 58.5 Å². The highest BCUT2D eigenvalue weighted by Crippen LogP contribution is 2.23. The number of benzene rings is 2. The van der Waals surface area contributed by atoms with E-state index >= 15 is 0 Å². The predicted molar refractivity (Wildman–Crippen MR) is 329 cm³/mol. The Morgan fingerprint density at radius 2 is 1.00 bits per heavy atom. The molecule has 1 fully saturated rings. The Kier molecular flexibility index (Phi) is 31.3. The molecular formula is C59H96N16O12. The number of phenols is 2. The molecule has 1 heterocycles. The fourth-order valence-electron chi connectivity index (χ4n) is 9.73. The summed E-state index contributed by atoms with van der Waals surface area (Å²) in [6.45, 7) is 11.5. The fourth-order valence-corrected chi connectivity index (χ4v) is 9.73. The van der Waals surface area contributed by atoms with Gasteiger partial charge in [0.05, 0.1) is 6.04 Å². The fraction of sp³-hybridized carbons (Fsp3) is 0.610. The molecule has 0 radical (unpaired) electrons. The van der Waals surface area contributed by atoms with Crippen molar-refractivity contribution in [3.05, 3.63) is 59.7 Å². The minimum Gasteiger partial charge on any atom is -0.508 e. The smallest absolute Gasteiger partial charge is 0.326 e. The van der Waals surface area contributed by atoms with Crippen molar-refractivity contribution >= 4 is 65.1 Å². The second-order valence-corrected chi connectivity index (χ2v) is 22.7. The minimum absolute atomic E-state index is 0.0151. The molecule has 0 bridgehead atoms. The van der Waals surface area contributed by atoms with Gasteiger partial charge in [-0.3, -0.25) is 48.3 Å². The number of aliphatic carboxylic acids is 1. The number of unbranched alkanes of at least 4 members (excludes halogenated alkanes) is 1. The number of nitrogens with one attached hydrogen (secondary N) is 7. The number of hydrogen-bond acceptors (Lipinski definition) is 15. The third-order valence-electron chi connectivity index (χ3n) is 15.2. The van der Waals surface area contributed by atoms with Crippen molar-refractivity contribution in [3.63, 3.8) is 0 Å². The highest BCUT2D eigenvalue weighted by molar-refractivity contribution is 5.98. The Hall–Kier alpha value is -8.27. The van der Waals surface area contributed by atoms with Crippen molar-refractivity contribution in [2.45, 2.75) is 186 Å². The van der Waals surface area contributed by atoms with Crippen LogP contribution in [-0.4, -0.2) is 166 Å². The number of carbonyl (C=O) groups excluding carboxylic acids is 8. The molecule has 2 aromatic carbocycles. The molecule has 11 atom stereocenters. The van der Waals surface area contributed by atoms with Crippen LogP contribution in [0.5, 0.6) is 11.5 Å². The number of nitrogens with zero attached hydrogens (tertiary/aromatic N) is 3. The van der Waals surface area contributed by atoms with Gasteiger partial charge in [0.15, 0.2) is 11.9 Å². The number of hydrogen-bond donors (Lipinski definition) is 16. The van der Waals surface area contributed by atoms with E-state index in [0.717, 1.165) is 0 Å². The summed E-state index contributed by atoms with van der Waals surface area (Å²) >= 11 is 0. The van der Waals surface area contributed by atoms with Gasteiger partial charge in [-0.1, -0.05) is 78.6 Å². The summed E-state index contributed by atoms with van der Waals surface area (Å²) in [4.78, 5) is 136. The number of aromatic hydroxyl groups is 2. The van der Waals surface area contributed by atoms with Crippen molar-refractivity contribution in [1.82, 2.24) is 42.1 Å². The van der Waals surface area contributed by atoms with Crippen molar-refractivity contribution in [2.24, 2.45) is 62.1 Å². The van der Waals surface area contributed by atoms with E-state index in [1.807, 2.05) is 13.8 Å². The number of amides is 8. The maximum Gasteiger partial charge on any atom is 0.326 e. The van der Waals surface area contributed by atoms with Crippen molar-refractivity contribution in [3.8, 4) is 11.5 Å². The van der Waals surface area contributed by atoms with Gasteiger partial charge in [-0.05, 0) is 124 Å². The topological polar surface area (TPSA) is 483 Å². The van der Waals surface area contributed by atoms with Crippen LogP contribution in [0, 0.1) is 17.8 Å². The van der Waals surface area contributed by atoms with E-state index in [1.54, 1.807) is 27.7 Å². The van der Waals surface area contributed by atoms with E-state index in [0.29, 0.717) is 49.8 Å². The Morgan fingerprint density at radius 1 is 0.563 bits per heavy atom. The first-order valence-corrected chi connectivity index (χ1v) is 30.0. The number of likely N-dealkylation sites (tertiary alicyclic amines) is 1. The second-order valence-electron chi connectivity index (χ2n) is 22.7. The Balaban J connectivity index is 1.98. The molecule has 22 N–H and O–H groups in total. The standard InChI is InChI=1S/C59H96N16O12/c1-7-34(5)47(61)54(83)70-42(14-9-10-26-60)56(85)75-29-13-17-46(75)53(82)74-48(35(6)8-2)55(84)72-44(31-36-18-22-38(76)23-19-36)52(81)69-40(15-11-27-66-58(62)63)49(78)71-43(30-33(3)4)51(80)68-41(16-12-28-67-59(64)65)50(79)73-45(57(86)87)32-37-20-24-39(77)25-21-37/h18-25,33-35,40-48,76-77H,7-17,26-32,60-61H2,1-6H3,(H,68,80)(H,69,81)(H,70,83)(H,71,78)(H,72,84)(H,73,79)(H,74,82)(H,86,87)(H4,62,63,66)(H4,64,65,67)/t34-,35-,40-,41-,42-,43-,44-,45-,46-,47-,48-/m0/s1. The van der Waals surface area contributed by atoms with Crippen LogP contribution in [0.4, 0.5) is 0 Å². The predicted octanol–water partition coefficient (Wildman–Crippen LogP) is -0.946. The zero-order valence-corrected chi connectivity index (χ0v) is 51.1. The molecule has 0 saturated carbocycles. The van der Waals surface area contributed by atoms with Gasteiger partial charge in [0, 0.05) is 32.5 Å². The summed E-state index contributed by atoms with van der Waals surface area (Å²) in [5, 5.41) is 49.1. The normalized spacial score (nSPS) is 16.4. The maximum atomic E-state index is 14.8. The van der Waals surface area contributed by atoms with E-state index < -0.39 is 114 Å². The van der Waals surface area contributed by atoms with Gasteiger partial charge in [0.1, 0.15) is 59.8 Å². The summed E-state index contributed by atoms with van der Waals surface area (Å²) in [6, 6.07) is 0.373. The Bertz CT molecular complexity index is 2630. The summed E-state index contributed by atoms with van der Waals surface area (Å²) in [5.41, 5.74) is 35.2. The number of carboxylic acid groups (broad SMARTS) is 1. The van der Waals surface area contributed by atoms with Gasteiger partial charge >= 0.3 is 5.97 Å². The summed E-state index contributed by atoms with van der Waals surface area (Å²) in [6.07, 6.45) is 2.81. The highest BCUT2D eigenvalue weighted by Gasteiger charge is 2.41. The monoisotopic (exact) mass is 1220 g/mol. The maximum absolute atomic E-state index is 14.8. The molecule has 484 valence electrons. The van der Waals surface area contributed by atoms with Crippen LogP contribution in [0.25, 0.3) is 0 Å². The number of phenolic OH excluding ortho intramolecular Hbond substituents is 2. The number of guanidine groups is 2. The molecule has 87 heavy (non-hydrogen) atoms. The first kappa shape index (κ1) is 73.0. The highest BCUT2D eigenvalue weighted by atomic mass is 16.4. The van der Waals surface area contributed by atoms with Crippen LogP contribution >= 0.6 is 0 Å². The van der Waals surface area contributed by atoms with Gasteiger partial charge in [0.2, 0.25) is 47.3 Å². The van der Waals surface area contributed by atoms with Gasteiger partial charge < -0.3 is 91.8 Å². The van der Waals surface area contributed by atoms with E-state index in [9.17, 15) is 58.5 Å². The molecular weight excluding hydrogens is 1120 g/mol. The average molecular weight is 1220 g/mol. The van der Waals surface area contributed by atoms with Crippen LogP contribution < -0.4 is 71.6 Å². The Morgan fingerprint density at radius 3 is 1.47 bits per heavy atom. The summed E-state index contributed by atoms with van der Waals surface area (Å²) in [5.74, 6) is -8.68. The molecule has 28 nitrogen and oxygen atoms in total. The molecule has 0 spiro atoms. The lowest BCUT2D eigenvalue weighted by molar-refractivity contribution is -0.143. The minimum atomic E-state index is -1.46. The number of aliphatic imine (C=N–C) groups is 2. The van der Waals surface area contributed by atoms with Crippen molar-refractivity contribution in [1.29, 1.82) is 0 Å². The van der Waals surface area contributed by atoms with Crippen LogP contribution in [0.15, 0.2) is 58.5 Å².